The number of hydroxylamine groups is 2. The summed E-state index contributed by atoms with van der Waals surface area (Å²) in [5.41, 5.74) is 0.580. The summed E-state index contributed by atoms with van der Waals surface area (Å²) in [4.78, 5) is 16.8. The van der Waals surface area contributed by atoms with E-state index in [0.717, 1.165) is 5.75 Å². The molecule has 4 nitrogen and oxygen atoms in total. The topological polar surface area (TPSA) is 38.8 Å². The molecule has 1 rings (SSSR count). The first-order valence-electron chi connectivity index (χ1n) is 6.70. The fraction of sp³-hybridized carbons (Fsp3) is 0.533. The van der Waals surface area contributed by atoms with Gasteiger partial charge in [-0.2, -0.15) is 0 Å². The summed E-state index contributed by atoms with van der Waals surface area (Å²) in [5, 5.41) is 1.35. The van der Waals surface area contributed by atoms with E-state index < -0.39 is 8.32 Å². The average Bonchev–Trinajstić information content (AvgIpc) is 2.36. The van der Waals surface area contributed by atoms with E-state index in [1.165, 1.54) is 12.2 Å². The smallest absolute Gasteiger partial charge is 0.277 e. The van der Waals surface area contributed by atoms with Crippen molar-refractivity contribution in [3.05, 3.63) is 29.8 Å². The Labute approximate surface area is 122 Å². The second-order valence-corrected chi connectivity index (χ2v) is 11.1. The fourth-order valence-electron chi connectivity index (χ4n) is 1.38. The monoisotopic (exact) mass is 295 g/mol. The van der Waals surface area contributed by atoms with Crippen molar-refractivity contribution in [2.45, 2.75) is 38.9 Å². The van der Waals surface area contributed by atoms with Crippen LogP contribution in [0.25, 0.3) is 0 Å². The van der Waals surface area contributed by atoms with Crippen LogP contribution >= 0.6 is 0 Å². The Morgan fingerprint density at radius 1 is 1.15 bits per heavy atom. The van der Waals surface area contributed by atoms with Crippen molar-refractivity contribution < 1.29 is 14.1 Å². The maximum absolute atomic E-state index is 11.9. The Balaban J connectivity index is 2.85. The van der Waals surface area contributed by atoms with Crippen LogP contribution in [0.1, 0.15) is 31.1 Å². The van der Waals surface area contributed by atoms with Gasteiger partial charge >= 0.3 is 0 Å². The third kappa shape index (κ3) is 3.83. The van der Waals surface area contributed by atoms with Crippen LogP contribution in [0.5, 0.6) is 5.75 Å². The van der Waals surface area contributed by atoms with Gasteiger partial charge in [-0.1, -0.05) is 20.8 Å². The second kappa shape index (κ2) is 5.97. The van der Waals surface area contributed by atoms with Crippen LogP contribution in [0.4, 0.5) is 0 Å². The summed E-state index contributed by atoms with van der Waals surface area (Å²) in [6.45, 7) is 11.0. The number of amides is 1. The molecular weight excluding hydrogens is 270 g/mol. The third-order valence-electron chi connectivity index (χ3n) is 3.84. The van der Waals surface area contributed by atoms with Crippen LogP contribution in [0, 0.1) is 0 Å². The first-order chi connectivity index (χ1) is 9.08. The van der Waals surface area contributed by atoms with Crippen molar-refractivity contribution in [3.8, 4) is 5.75 Å². The standard InChI is InChI=1S/C15H25NO3Si/c1-15(2,3)20(6,7)19-13-10-8-12(9-11-13)14(17)16(4)18-5/h8-11H,1-7H3. The quantitative estimate of drug-likeness (QED) is 0.628. The molecule has 20 heavy (non-hydrogen) atoms. The fourth-order valence-corrected chi connectivity index (χ4v) is 2.41. The minimum absolute atomic E-state index is 0.151. The maximum atomic E-state index is 11.9. The van der Waals surface area contributed by atoms with Crippen molar-refractivity contribution in [1.82, 2.24) is 5.06 Å². The van der Waals surface area contributed by atoms with E-state index in [-0.39, 0.29) is 10.9 Å². The number of rotatable bonds is 4. The Morgan fingerprint density at radius 3 is 2.05 bits per heavy atom. The molecule has 0 spiro atoms. The summed E-state index contributed by atoms with van der Waals surface area (Å²) in [6, 6.07) is 7.22. The van der Waals surface area contributed by atoms with Crippen molar-refractivity contribution in [1.29, 1.82) is 0 Å². The van der Waals surface area contributed by atoms with Gasteiger partial charge in [-0.3, -0.25) is 9.63 Å². The summed E-state index contributed by atoms with van der Waals surface area (Å²) < 4.78 is 6.17. The lowest BCUT2D eigenvalue weighted by Crippen LogP contribution is -2.43. The summed E-state index contributed by atoms with van der Waals surface area (Å²) in [5.74, 6) is 0.639. The molecule has 1 aromatic carbocycles. The van der Waals surface area contributed by atoms with Crippen LogP contribution in [-0.4, -0.2) is 33.4 Å². The number of nitrogens with zero attached hydrogens (tertiary/aromatic N) is 1. The second-order valence-electron chi connectivity index (χ2n) is 6.37. The molecule has 0 radical (unpaired) electrons. The van der Waals surface area contributed by atoms with Crippen molar-refractivity contribution in [2.24, 2.45) is 0 Å². The van der Waals surface area contributed by atoms with Crippen LogP contribution in [0.2, 0.25) is 18.1 Å². The molecule has 0 aliphatic rings. The van der Waals surface area contributed by atoms with Gasteiger partial charge in [0.15, 0.2) is 0 Å². The van der Waals surface area contributed by atoms with E-state index in [2.05, 4.69) is 33.9 Å². The molecule has 112 valence electrons. The van der Waals surface area contributed by atoms with Gasteiger partial charge in [0.25, 0.3) is 5.91 Å². The van der Waals surface area contributed by atoms with Crippen molar-refractivity contribution >= 4 is 14.2 Å². The first kappa shape index (κ1) is 16.7. The highest BCUT2D eigenvalue weighted by molar-refractivity contribution is 6.74. The van der Waals surface area contributed by atoms with Crippen molar-refractivity contribution in [3.63, 3.8) is 0 Å². The molecule has 0 N–H and O–H groups in total. The molecule has 0 aromatic heterocycles. The molecule has 0 aliphatic heterocycles. The Morgan fingerprint density at radius 2 is 1.65 bits per heavy atom. The normalized spacial score (nSPS) is 12.2. The largest absolute Gasteiger partial charge is 0.544 e. The molecule has 0 atom stereocenters. The molecule has 0 aliphatic carbocycles. The SMILES string of the molecule is CON(C)C(=O)c1ccc(O[Si](C)(C)C(C)(C)C)cc1. The minimum atomic E-state index is -1.84. The Bertz CT molecular complexity index is 463. The van der Waals surface area contributed by atoms with E-state index in [0.29, 0.717) is 5.56 Å². The minimum Gasteiger partial charge on any atom is -0.544 e. The van der Waals surface area contributed by atoms with Gasteiger partial charge < -0.3 is 4.43 Å². The van der Waals surface area contributed by atoms with Gasteiger partial charge in [-0.05, 0) is 42.4 Å². The van der Waals surface area contributed by atoms with Gasteiger partial charge in [0.2, 0.25) is 8.32 Å². The van der Waals surface area contributed by atoms with Crippen molar-refractivity contribution in [2.75, 3.05) is 14.2 Å². The molecule has 0 heterocycles. The maximum Gasteiger partial charge on any atom is 0.277 e. The molecular formula is C15H25NO3Si. The van der Waals surface area contributed by atoms with Gasteiger partial charge in [0, 0.05) is 12.6 Å². The molecule has 0 saturated carbocycles. The lowest BCUT2D eigenvalue weighted by molar-refractivity contribution is -0.0756. The molecule has 5 heteroatoms. The zero-order chi connectivity index (χ0) is 15.6. The highest BCUT2D eigenvalue weighted by Crippen LogP contribution is 2.37. The van der Waals surface area contributed by atoms with Gasteiger partial charge in [-0.25, -0.2) is 5.06 Å². The van der Waals surface area contributed by atoms with E-state index >= 15 is 0 Å². The number of carbonyl (C=O) groups is 1. The first-order valence-corrected chi connectivity index (χ1v) is 9.60. The Kier molecular flexibility index (Phi) is 4.99. The number of hydrogen-bond donors (Lipinski definition) is 0. The van der Waals surface area contributed by atoms with Crippen LogP contribution in [-0.2, 0) is 4.84 Å². The lowest BCUT2D eigenvalue weighted by atomic mass is 10.2. The molecule has 0 unspecified atom stereocenters. The predicted octanol–water partition coefficient (Wildman–Crippen LogP) is 3.70. The van der Waals surface area contributed by atoms with Gasteiger partial charge in [0.05, 0.1) is 7.11 Å². The zero-order valence-electron chi connectivity index (χ0n) is 13.5. The van der Waals surface area contributed by atoms with Gasteiger partial charge in [-0.15, -0.1) is 0 Å². The van der Waals surface area contributed by atoms with E-state index in [4.69, 9.17) is 9.26 Å². The van der Waals surface area contributed by atoms with E-state index in [1.807, 2.05) is 12.1 Å². The molecule has 1 amide bonds. The summed E-state index contributed by atoms with van der Waals surface area (Å²) in [6.07, 6.45) is 0. The molecule has 1 aromatic rings. The average molecular weight is 295 g/mol. The van der Waals surface area contributed by atoms with Gasteiger partial charge in [0.1, 0.15) is 5.75 Å². The van der Waals surface area contributed by atoms with E-state index in [9.17, 15) is 4.79 Å². The van der Waals surface area contributed by atoms with Crippen LogP contribution in [0.15, 0.2) is 24.3 Å². The molecule has 0 bridgehead atoms. The summed E-state index contributed by atoms with van der Waals surface area (Å²) >= 11 is 0. The summed E-state index contributed by atoms with van der Waals surface area (Å²) in [7, 11) is 1.21. The third-order valence-corrected chi connectivity index (χ3v) is 8.20. The zero-order valence-corrected chi connectivity index (χ0v) is 14.5. The Hall–Kier alpha value is -1.33. The van der Waals surface area contributed by atoms with E-state index in [1.54, 1.807) is 19.2 Å². The molecule has 0 saturated heterocycles. The predicted molar refractivity (Wildman–Crippen MR) is 83.4 cm³/mol. The van der Waals surface area contributed by atoms with Crippen LogP contribution in [0.3, 0.4) is 0 Å². The lowest BCUT2D eigenvalue weighted by Gasteiger charge is -2.36. The number of carbonyl (C=O) groups excluding carboxylic acids is 1. The number of benzene rings is 1. The highest BCUT2D eigenvalue weighted by atomic mass is 28.4. The van der Waals surface area contributed by atoms with Crippen LogP contribution < -0.4 is 4.43 Å². The molecule has 0 fully saturated rings. The highest BCUT2D eigenvalue weighted by Gasteiger charge is 2.38. The number of hydrogen-bond acceptors (Lipinski definition) is 3.